The van der Waals surface area contributed by atoms with Crippen molar-refractivity contribution in [3.05, 3.63) is 35.9 Å². The third kappa shape index (κ3) is 3.13. The van der Waals surface area contributed by atoms with Crippen LogP contribution in [0.3, 0.4) is 0 Å². The molecule has 21 heavy (non-hydrogen) atoms. The van der Waals surface area contributed by atoms with Gasteiger partial charge in [-0.2, -0.15) is 0 Å². The van der Waals surface area contributed by atoms with Crippen LogP contribution in [0.15, 0.2) is 30.3 Å². The second-order valence-corrected chi connectivity index (χ2v) is 6.64. The van der Waals surface area contributed by atoms with E-state index in [4.69, 9.17) is 0 Å². The second-order valence-electron chi connectivity index (χ2n) is 6.64. The van der Waals surface area contributed by atoms with Crippen molar-refractivity contribution in [1.82, 2.24) is 10.2 Å². The Morgan fingerprint density at radius 2 is 2.00 bits per heavy atom. The number of hydrogen-bond donors (Lipinski definition) is 1. The van der Waals surface area contributed by atoms with E-state index in [-0.39, 0.29) is 12.2 Å². The SMILES string of the molecule is CCCCC1NC(c2ccccc2)N(CC2CC2C)C1=O. The van der Waals surface area contributed by atoms with Crippen molar-refractivity contribution >= 4 is 5.91 Å². The highest BCUT2D eigenvalue weighted by molar-refractivity contribution is 5.84. The van der Waals surface area contributed by atoms with Crippen LogP contribution in [0.5, 0.6) is 0 Å². The quantitative estimate of drug-likeness (QED) is 0.870. The maximum atomic E-state index is 12.7. The van der Waals surface area contributed by atoms with E-state index in [1.165, 1.54) is 12.0 Å². The number of hydrogen-bond acceptors (Lipinski definition) is 2. The minimum Gasteiger partial charge on any atom is -0.321 e. The van der Waals surface area contributed by atoms with Crippen LogP contribution < -0.4 is 5.32 Å². The molecule has 1 saturated carbocycles. The molecule has 3 rings (SSSR count). The minimum absolute atomic E-state index is 0.00390. The molecule has 2 aliphatic rings. The van der Waals surface area contributed by atoms with Crippen LogP contribution in [-0.2, 0) is 4.79 Å². The standard InChI is InChI=1S/C18H26N2O/c1-3-4-10-16-18(21)20(12-15-11-13(15)2)17(19-16)14-8-6-5-7-9-14/h5-9,13,15-17,19H,3-4,10-12H2,1-2H3. The Labute approximate surface area is 127 Å². The van der Waals surface area contributed by atoms with Gasteiger partial charge in [-0.15, -0.1) is 0 Å². The molecule has 1 aliphatic heterocycles. The summed E-state index contributed by atoms with van der Waals surface area (Å²) in [7, 11) is 0. The monoisotopic (exact) mass is 286 g/mol. The van der Waals surface area contributed by atoms with Crippen LogP contribution in [-0.4, -0.2) is 23.4 Å². The number of nitrogens with zero attached hydrogens (tertiary/aromatic N) is 1. The molecule has 4 unspecified atom stereocenters. The average molecular weight is 286 g/mol. The van der Waals surface area contributed by atoms with Gasteiger partial charge in [0.2, 0.25) is 5.91 Å². The predicted octanol–water partition coefficient (Wildman–Crippen LogP) is 3.33. The molecule has 2 fully saturated rings. The Bertz CT molecular complexity index is 487. The van der Waals surface area contributed by atoms with Crippen LogP contribution >= 0.6 is 0 Å². The summed E-state index contributed by atoms with van der Waals surface area (Å²) in [5.41, 5.74) is 1.21. The number of benzene rings is 1. The molecule has 1 amide bonds. The molecule has 1 aromatic carbocycles. The van der Waals surface area contributed by atoms with E-state index in [0.29, 0.717) is 11.8 Å². The molecule has 1 heterocycles. The van der Waals surface area contributed by atoms with E-state index in [1.807, 2.05) is 6.07 Å². The summed E-state index contributed by atoms with van der Waals surface area (Å²) in [6.07, 6.45) is 4.54. The molecule has 114 valence electrons. The second kappa shape index (κ2) is 6.18. The van der Waals surface area contributed by atoms with Crippen molar-refractivity contribution in [2.45, 2.75) is 51.7 Å². The van der Waals surface area contributed by atoms with E-state index in [0.717, 1.165) is 31.7 Å². The first-order valence-corrected chi connectivity index (χ1v) is 8.32. The van der Waals surface area contributed by atoms with Crippen LogP contribution in [0.25, 0.3) is 0 Å². The number of unbranched alkanes of at least 4 members (excludes halogenated alkanes) is 1. The fourth-order valence-electron chi connectivity index (χ4n) is 3.31. The molecular weight excluding hydrogens is 260 g/mol. The van der Waals surface area contributed by atoms with Gasteiger partial charge >= 0.3 is 0 Å². The van der Waals surface area contributed by atoms with E-state index in [1.54, 1.807) is 0 Å². The molecule has 1 N–H and O–H groups in total. The average Bonchev–Trinajstić information content (AvgIpc) is 3.12. The third-order valence-corrected chi connectivity index (χ3v) is 4.92. The van der Waals surface area contributed by atoms with Gasteiger partial charge in [-0.05, 0) is 30.2 Å². The Morgan fingerprint density at radius 3 is 2.62 bits per heavy atom. The lowest BCUT2D eigenvalue weighted by molar-refractivity contribution is -0.130. The van der Waals surface area contributed by atoms with Gasteiger partial charge in [0, 0.05) is 6.54 Å². The smallest absolute Gasteiger partial charge is 0.241 e. The summed E-state index contributed by atoms with van der Waals surface area (Å²) in [5, 5.41) is 3.57. The summed E-state index contributed by atoms with van der Waals surface area (Å²) in [6.45, 7) is 5.37. The van der Waals surface area contributed by atoms with Crippen LogP contribution in [0.1, 0.15) is 51.3 Å². The maximum absolute atomic E-state index is 12.7. The lowest BCUT2D eigenvalue weighted by Crippen LogP contribution is -2.33. The molecule has 1 saturated heterocycles. The number of rotatable bonds is 6. The van der Waals surface area contributed by atoms with Gasteiger partial charge in [0.25, 0.3) is 0 Å². The first kappa shape index (κ1) is 14.6. The van der Waals surface area contributed by atoms with Crippen molar-refractivity contribution in [2.24, 2.45) is 11.8 Å². The Balaban J connectivity index is 1.76. The van der Waals surface area contributed by atoms with Gasteiger partial charge in [-0.25, -0.2) is 0 Å². The summed E-state index contributed by atoms with van der Waals surface area (Å²) in [5.74, 6) is 1.78. The zero-order valence-corrected chi connectivity index (χ0v) is 13.1. The molecule has 0 spiro atoms. The lowest BCUT2D eigenvalue weighted by atomic mass is 10.1. The molecule has 4 atom stereocenters. The van der Waals surface area contributed by atoms with Crippen molar-refractivity contribution in [2.75, 3.05) is 6.54 Å². The Kier molecular flexibility index (Phi) is 4.29. The summed E-state index contributed by atoms with van der Waals surface area (Å²) in [4.78, 5) is 14.8. The molecule has 1 aliphatic carbocycles. The first-order valence-electron chi connectivity index (χ1n) is 8.32. The van der Waals surface area contributed by atoms with Crippen LogP contribution in [0.4, 0.5) is 0 Å². The van der Waals surface area contributed by atoms with Gasteiger partial charge < -0.3 is 4.90 Å². The van der Waals surface area contributed by atoms with Crippen molar-refractivity contribution in [3.63, 3.8) is 0 Å². The molecule has 0 bridgehead atoms. The van der Waals surface area contributed by atoms with E-state index < -0.39 is 0 Å². The molecule has 0 aromatic heterocycles. The fourth-order valence-corrected chi connectivity index (χ4v) is 3.31. The number of carbonyl (C=O) groups is 1. The van der Waals surface area contributed by atoms with Crippen LogP contribution in [0, 0.1) is 11.8 Å². The normalized spacial score (nSPS) is 31.7. The summed E-state index contributed by atoms with van der Waals surface area (Å²) < 4.78 is 0. The summed E-state index contributed by atoms with van der Waals surface area (Å²) in [6, 6.07) is 10.4. The van der Waals surface area contributed by atoms with Gasteiger partial charge in [0.1, 0.15) is 6.17 Å². The topological polar surface area (TPSA) is 32.3 Å². The number of amides is 1. The van der Waals surface area contributed by atoms with Gasteiger partial charge in [0.05, 0.1) is 6.04 Å². The maximum Gasteiger partial charge on any atom is 0.241 e. The Hall–Kier alpha value is -1.35. The molecule has 1 aromatic rings. The van der Waals surface area contributed by atoms with E-state index in [2.05, 4.69) is 48.3 Å². The van der Waals surface area contributed by atoms with Gasteiger partial charge in [0.15, 0.2) is 0 Å². The highest BCUT2D eigenvalue weighted by Gasteiger charge is 2.43. The molecular formula is C18H26N2O. The van der Waals surface area contributed by atoms with Gasteiger partial charge in [-0.3, -0.25) is 10.1 Å². The fraction of sp³-hybridized carbons (Fsp3) is 0.611. The molecule has 3 nitrogen and oxygen atoms in total. The minimum atomic E-state index is 0.00390. The first-order chi connectivity index (χ1) is 10.2. The van der Waals surface area contributed by atoms with Crippen LogP contribution in [0.2, 0.25) is 0 Å². The zero-order valence-electron chi connectivity index (χ0n) is 13.1. The zero-order chi connectivity index (χ0) is 14.8. The molecule has 3 heteroatoms. The number of carbonyl (C=O) groups excluding carboxylic acids is 1. The van der Waals surface area contributed by atoms with E-state index >= 15 is 0 Å². The largest absolute Gasteiger partial charge is 0.321 e. The van der Waals surface area contributed by atoms with Crippen molar-refractivity contribution < 1.29 is 4.79 Å². The van der Waals surface area contributed by atoms with Crippen molar-refractivity contribution in [3.8, 4) is 0 Å². The molecule has 0 radical (unpaired) electrons. The highest BCUT2D eigenvalue weighted by atomic mass is 16.2. The highest BCUT2D eigenvalue weighted by Crippen LogP contribution is 2.40. The van der Waals surface area contributed by atoms with E-state index in [9.17, 15) is 4.79 Å². The number of nitrogens with one attached hydrogen (secondary N) is 1. The predicted molar refractivity (Wildman–Crippen MR) is 84.6 cm³/mol. The lowest BCUT2D eigenvalue weighted by Gasteiger charge is -2.24. The van der Waals surface area contributed by atoms with Gasteiger partial charge in [-0.1, -0.05) is 57.0 Å². The Morgan fingerprint density at radius 1 is 1.29 bits per heavy atom. The third-order valence-electron chi connectivity index (χ3n) is 4.92. The van der Waals surface area contributed by atoms with Crippen molar-refractivity contribution in [1.29, 1.82) is 0 Å². The summed E-state index contributed by atoms with van der Waals surface area (Å²) >= 11 is 0.